The van der Waals surface area contributed by atoms with Crippen molar-refractivity contribution in [3.05, 3.63) is 30.3 Å². The summed E-state index contributed by atoms with van der Waals surface area (Å²) in [5, 5.41) is 4.76. The van der Waals surface area contributed by atoms with Gasteiger partial charge < -0.3 is 16.0 Å². The first-order valence-electron chi connectivity index (χ1n) is 6.75. The Morgan fingerprint density at radius 2 is 2.10 bits per heavy atom. The van der Waals surface area contributed by atoms with E-state index in [1.165, 1.54) is 11.8 Å². The summed E-state index contributed by atoms with van der Waals surface area (Å²) < 4.78 is 0. The van der Waals surface area contributed by atoms with Crippen LogP contribution in [0.3, 0.4) is 0 Å². The number of nitrogens with one attached hydrogen (secondary N) is 2. The summed E-state index contributed by atoms with van der Waals surface area (Å²) in [6.07, 6.45) is 1.02. The molecule has 108 valence electrons. The molecule has 4 N–H and O–H groups in total. The van der Waals surface area contributed by atoms with Crippen molar-refractivity contribution in [1.82, 2.24) is 19.9 Å². The van der Waals surface area contributed by atoms with E-state index in [4.69, 9.17) is 5.73 Å². The van der Waals surface area contributed by atoms with Crippen molar-refractivity contribution < 1.29 is 0 Å². The Morgan fingerprint density at radius 3 is 2.90 bits per heavy atom. The number of benzene rings is 1. The molecule has 1 aromatic carbocycles. The molecule has 2 heterocycles. The SMILES string of the molecule is CCCNc1cc(Sc2nc3ccccc3[nH]2)nc(N)n1. The van der Waals surface area contributed by atoms with E-state index in [9.17, 15) is 0 Å². The van der Waals surface area contributed by atoms with Crippen LogP contribution >= 0.6 is 11.8 Å². The molecule has 3 rings (SSSR count). The van der Waals surface area contributed by atoms with Gasteiger partial charge in [0.1, 0.15) is 10.8 Å². The highest BCUT2D eigenvalue weighted by Gasteiger charge is 2.08. The predicted molar refractivity (Wildman–Crippen MR) is 85.4 cm³/mol. The van der Waals surface area contributed by atoms with Crippen molar-refractivity contribution in [1.29, 1.82) is 0 Å². The molecule has 0 bridgehead atoms. The van der Waals surface area contributed by atoms with Gasteiger partial charge in [-0.2, -0.15) is 4.98 Å². The number of para-hydroxylation sites is 2. The van der Waals surface area contributed by atoms with Gasteiger partial charge >= 0.3 is 0 Å². The monoisotopic (exact) mass is 300 g/mol. The summed E-state index contributed by atoms with van der Waals surface area (Å²) in [5.74, 6) is 0.998. The van der Waals surface area contributed by atoms with E-state index >= 15 is 0 Å². The van der Waals surface area contributed by atoms with Gasteiger partial charge in [0, 0.05) is 12.6 Å². The van der Waals surface area contributed by atoms with Gasteiger partial charge in [0.25, 0.3) is 0 Å². The van der Waals surface area contributed by atoms with Crippen molar-refractivity contribution >= 4 is 34.6 Å². The average Bonchev–Trinajstić information content (AvgIpc) is 2.86. The Hall–Kier alpha value is -2.28. The minimum Gasteiger partial charge on any atom is -0.370 e. The van der Waals surface area contributed by atoms with Gasteiger partial charge in [-0.3, -0.25) is 0 Å². The normalized spacial score (nSPS) is 10.9. The van der Waals surface area contributed by atoms with E-state index in [0.717, 1.165) is 40.0 Å². The van der Waals surface area contributed by atoms with Crippen LogP contribution in [0.2, 0.25) is 0 Å². The molecule has 0 saturated heterocycles. The maximum Gasteiger partial charge on any atom is 0.223 e. The lowest BCUT2D eigenvalue weighted by Gasteiger charge is -2.06. The fourth-order valence-electron chi connectivity index (χ4n) is 1.92. The molecule has 0 fully saturated rings. The average molecular weight is 300 g/mol. The van der Waals surface area contributed by atoms with Crippen molar-refractivity contribution in [3.8, 4) is 0 Å². The van der Waals surface area contributed by atoms with Gasteiger partial charge in [0.15, 0.2) is 5.16 Å². The highest BCUT2D eigenvalue weighted by molar-refractivity contribution is 7.99. The van der Waals surface area contributed by atoms with Gasteiger partial charge in [-0.05, 0) is 30.3 Å². The Morgan fingerprint density at radius 1 is 1.24 bits per heavy atom. The van der Waals surface area contributed by atoms with Crippen LogP contribution in [0.5, 0.6) is 0 Å². The zero-order valence-corrected chi connectivity index (χ0v) is 12.4. The molecule has 0 aliphatic carbocycles. The first-order valence-corrected chi connectivity index (χ1v) is 7.57. The zero-order chi connectivity index (χ0) is 14.7. The summed E-state index contributed by atoms with van der Waals surface area (Å²) in [6, 6.07) is 9.79. The minimum atomic E-state index is 0.259. The third kappa shape index (κ3) is 3.25. The number of nitrogens with two attached hydrogens (primary N) is 1. The number of nitrogens with zero attached hydrogens (tertiary/aromatic N) is 3. The molecule has 21 heavy (non-hydrogen) atoms. The van der Waals surface area contributed by atoms with E-state index in [2.05, 4.69) is 32.2 Å². The number of aromatic amines is 1. The minimum absolute atomic E-state index is 0.259. The maximum absolute atomic E-state index is 5.75. The number of hydrogen-bond acceptors (Lipinski definition) is 6. The molecule has 0 radical (unpaired) electrons. The van der Waals surface area contributed by atoms with Gasteiger partial charge in [0.2, 0.25) is 5.95 Å². The van der Waals surface area contributed by atoms with Gasteiger partial charge in [-0.15, -0.1) is 0 Å². The largest absolute Gasteiger partial charge is 0.370 e. The first kappa shape index (κ1) is 13.7. The van der Waals surface area contributed by atoms with Crippen molar-refractivity contribution in [2.24, 2.45) is 0 Å². The quantitative estimate of drug-likeness (QED) is 0.627. The van der Waals surface area contributed by atoms with Gasteiger partial charge in [-0.1, -0.05) is 19.1 Å². The number of aromatic nitrogens is 4. The second-order valence-electron chi connectivity index (χ2n) is 4.54. The number of hydrogen-bond donors (Lipinski definition) is 3. The maximum atomic E-state index is 5.75. The zero-order valence-electron chi connectivity index (χ0n) is 11.6. The molecule has 2 aromatic heterocycles. The van der Waals surface area contributed by atoms with Crippen molar-refractivity contribution in [3.63, 3.8) is 0 Å². The predicted octanol–water partition coefficient (Wildman–Crippen LogP) is 2.91. The second kappa shape index (κ2) is 6.01. The topological polar surface area (TPSA) is 92.5 Å². The van der Waals surface area contributed by atoms with E-state index < -0.39 is 0 Å². The lowest BCUT2D eigenvalue weighted by atomic mass is 10.3. The molecule has 7 heteroatoms. The highest BCUT2D eigenvalue weighted by Crippen LogP contribution is 2.27. The third-order valence-electron chi connectivity index (χ3n) is 2.84. The van der Waals surface area contributed by atoms with Crippen LogP contribution < -0.4 is 11.1 Å². The summed E-state index contributed by atoms with van der Waals surface area (Å²) in [5.41, 5.74) is 7.70. The fourth-order valence-corrected chi connectivity index (χ4v) is 2.73. The Bertz CT molecular complexity index is 721. The summed E-state index contributed by atoms with van der Waals surface area (Å²) in [6.45, 7) is 2.95. The van der Waals surface area contributed by atoms with Crippen LogP contribution in [0.1, 0.15) is 13.3 Å². The third-order valence-corrected chi connectivity index (χ3v) is 3.65. The molecule has 0 amide bonds. The van der Waals surface area contributed by atoms with Crippen LogP contribution in [-0.4, -0.2) is 26.5 Å². The number of imidazole rings is 1. The van der Waals surface area contributed by atoms with E-state index in [1.807, 2.05) is 30.3 Å². The summed E-state index contributed by atoms with van der Waals surface area (Å²) in [4.78, 5) is 16.2. The highest BCUT2D eigenvalue weighted by atomic mass is 32.2. The number of nitrogen functional groups attached to an aromatic ring is 1. The van der Waals surface area contributed by atoms with Crippen LogP contribution in [0.15, 0.2) is 40.5 Å². The van der Waals surface area contributed by atoms with Gasteiger partial charge in [0.05, 0.1) is 11.0 Å². The summed E-state index contributed by atoms with van der Waals surface area (Å²) in [7, 11) is 0. The van der Waals surface area contributed by atoms with Crippen LogP contribution in [0.25, 0.3) is 11.0 Å². The Labute approximate surface area is 126 Å². The molecular weight excluding hydrogens is 284 g/mol. The number of H-pyrrole nitrogens is 1. The van der Waals surface area contributed by atoms with E-state index in [0.29, 0.717) is 0 Å². The lowest BCUT2D eigenvalue weighted by molar-refractivity contribution is 0.955. The molecular formula is C14H16N6S. The lowest BCUT2D eigenvalue weighted by Crippen LogP contribution is -2.05. The van der Waals surface area contributed by atoms with Crippen molar-refractivity contribution in [2.75, 3.05) is 17.6 Å². The molecule has 0 spiro atoms. The standard InChI is InChI=1S/C14H16N6S/c1-2-7-16-11-8-12(20-13(15)19-11)21-14-17-9-5-3-4-6-10(9)18-14/h3-6,8H,2,7H2,1H3,(H,17,18)(H3,15,16,19,20). The summed E-state index contributed by atoms with van der Waals surface area (Å²) >= 11 is 1.44. The number of anilines is 2. The van der Waals surface area contributed by atoms with Crippen molar-refractivity contribution in [2.45, 2.75) is 23.5 Å². The second-order valence-corrected chi connectivity index (χ2v) is 5.55. The Balaban J connectivity index is 1.84. The van der Waals surface area contributed by atoms with Crippen LogP contribution in [0.4, 0.5) is 11.8 Å². The Kier molecular flexibility index (Phi) is 3.92. The molecule has 0 saturated carbocycles. The molecule has 6 nitrogen and oxygen atoms in total. The van der Waals surface area contributed by atoms with E-state index in [-0.39, 0.29) is 5.95 Å². The number of rotatable bonds is 5. The molecule has 3 aromatic rings. The molecule has 0 aliphatic rings. The first-order chi connectivity index (χ1) is 10.2. The van der Waals surface area contributed by atoms with Gasteiger partial charge in [-0.25, -0.2) is 9.97 Å². The van der Waals surface area contributed by atoms with Crippen LogP contribution in [0, 0.1) is 0 Å². The molecule has 0 aliphatic heterocycles. The van der Waals surface area contributed by atoms with E-state index in [1.54, 1.807) is 0 Å². The fraction of sp³-hybridized carbons (Fsp3) is 0.214. The van der Waals surface area contributed by atoms with Crippen LogP contribution in [-0.2, 0) is 0 Å². The molecule has 0 unspecified atom stereocenters. The smallest absolute Gasteiger partial charge is 0.223 e. The number of fused-ring (bicyclic) bond motifs is 1. The molecule has 0 atom stereocenters.